The average molecular weight is 163 g/mol. The summed E-state index contributed by atoms with van der Waals surface area (Å²) in [5.41, 5.74) is 0. The molecule has 2 rings (SSSR count). The molecule has 1 aliphatic heterocycles. The molecular weight excluding hydrogens is 150 g/mol. The number of nitrogens with zero attached hydrogens (tertiary/aromatic N) is 1. The van der Waals surface area contributed by atoms with Crippen LogP contribution >= 0.6 is 0 Å². The summed E-state index contributed by atoms with van der Waals surface area (Å²) in [6, 6.07) is 0.316. The molecule has 0 aromatic carbocycles. The molecule has 0 spiro atoms. The third-order valence-electron chi connectivity index (χ3n) is 2.72. The molecular formula is C10H13NO. The second-order valence-electron chi connectivity index (χ2n) is 3.47. The van der Waals surface area contributed by atoms with Crippen molar-refractivity contribution >= 4 is 5.91 Å². The van der Waals surface area contributed by atoms with Gasteiger partial charge in [-0.1, -0.05) is 18.2 Å². The zero-order valence-corrected chi connectivity index (χ0v) is 7.23. The summed E-state index contributed by atoms with van der Waals surface area (Å²) in [5, 5.41) is 0. The quantitative estimate of drug-likeness (QED) is 0.494. The van der Waals surface area contributed by atoms with E-state index in [1.165, 1.54) is 6.42 Å². The number of fused-ring (bicyclic) bond motifs is 1. The number of carbonyl (C=O) groups is 1. The van der Waals surface area contributed by atoms with Crippen LogP contribution < -0.4 is 0 Å². The number of likely N-dealkylation sites (N-methyl/N-ethyl adjacent to an activating group) is 1. The highest BCUT2D eigenvalue weighted by atomic mass is 16.2. The fourth-order valence-electron chi connectivity index (χ4n) is 1.93. The van der Waals surface area contributed by atoms with Crippen LogP contribution in [0.4, 0.5) is 0 Å². The lowest BCUT2D eigenvalue weighted by atomic mass is 9.86. The van der Waals surface area contributed by atoms with Gasteiger partial charge in [-0.3, -0.25) is 4.79 Å². The van der Waals surface area contributed by atoms with Crippen LogP contribution in [0.2, 0.25) is 0 Å². The topological polar surface area (TPSA) is 20.3 Å². The second kappa shape index (κ2) is 2.77. The van der Waals surface area contributed by atoms with Gasteiger partial charge in [-0.05, 0) is 18.9 Å². The highest BCUT2D eigenvalue weighted by molar-refractivity contribution is 5.88. The van der Waals surface area contributed by atoms with Crippen LogP contribution in [0.1, 0.15) is 12.8 Å². The number of hydrogen-bond acceptors (Lipinski definition) is 1. The minimum Gasteiger partial charge on any atom is -0.335 e. The number of allylic oxidation sites excluding steroid dienone is 1. The predicted octanol–water partition coefficient (Wildman–Crippen LogP) is 1.35. The summed E-state index contributed by atoms with van der Waals surface area (Å²) in [4.78, 5) is 13.1. The van der Waals surface area contributed by atoms with Gasteiger partial charge in [0.1, 0.15) is 0 Å². The Hall–Kier alpha value is -1.05. The average Bonchev–Trinajstić information content (AvgIpc) is 2.12. The largest absolute Gasteiger partial charge is 0.335 e. The predicted molar refractivity (Wildman–Crippen MR) is 47.6 cm³/mol. The molecule has 0 N–H and O–H groups in total. The van der Waals surface area contributed by atoms with E-state index in [0.717, 1.165) is 6.42 Å². The van der Waals surface area contributed by atoms with E-state index in [1.807, 2.05) is 11.9 Å². The first-order chi connectivity index (χ1) is 5.79. The van der Waals surface area contributed by atoms with E-state index in [9.17, 15) is 4.79 Å². The van der Waals surface area contributed by atoms with Gasteiger partial charge in [0.25, 0.3) is 0 Å². The van der Waals surface area contributed by atoms with Gasteiger partial charge in [-0.15, -0.1) is 0 Å². The first kappa shape index (κ1) is 7.59. The van der Waals surface area contributed by atoms with E-state index in [2.05, 4.69) is 18.2 Å². The van der Waals surface area contributed by atoms with Crippen molar-refractivity contribution < 1.29 is 4.79 Å². The van der Waals surface area contributed by atoms with Gasteiger partial charge in [0.15, 0.2) is 0 Å². The molecule has 0 aromatic heterocycles. The van der Waals surface area contributed by atoms with Crippen molar-refractivity contribution in [1.82, 2.24) is 4.90 Å². The molecule has 12 heavy (non-hydrogen) atoms. The third-order valence-corrected chi connectivity index (χ3v) is 2.72. The molecule has 2 aliphatic rings. The van der Waals surface area contributed by atoms with Gasteiger partial charge < -0.3 is 4.90 Å². The Balaban J connectivity index is 2.28. The number of hydrogen-bond donors (Lipinski definition) is 0. The van der Waals surface area contributed by atoms with Crippen LogP contribution in [0.5, 0.6) is 0 Å². The molecule has 0 bridgehead atoms. The zero-order valence-electron chi connectivity index (χ0n) is 7.23. The maximum atomic E-state index is 11.3. The SMILES string of the molecule is CN1C(=O)C=CC2CCC=CC21. The standard InChI is InChI=1S/C10H13NO/c1-11-9-5-3-2-4-8(9)6-7-10(11)12/h3,5-9H,2,4H2,1H3. The van der Waals surface area contributed by atoms with Crippen LogP contribution in [0, 0.1) is 5.92 Å². The van der Waals surface area contributed by atoms with Crippen molar-refractivity contribution in [2.75, 3.05) is 7.05 Å². The van der Waals surface area contributed by atoms with Gasteiger partial charge in [-0.2, -0.15) is 0 Å². The van der Waals surface area contributed by atoms with E-state index in [0.29, 0.717) is 12.0 Å². The zero-order chi connectivity index (χ0) is 8.55. The second-order valence-corrected chi connectivity index (χ2v) is 3.47. The minimum atomic E-state index is 0.128. The van der Waals surface area contributed by atoms with E-state index < -0.39 is 0 Å². The number of rotatable bonds is 0. The Morgan fingerprint density at radius 3 is 3.17 bits per heavy atom. The van der Waals surface area contributed by atoms with Crippen molar-refractivity contribution in [3.8, 4) is 0 Å². The summed E-state index contributed by atoms with van der Waals surface area (Å²) in [7, 11) is 1.87. The molecule has 0 fully saturated rings. The van der Waals surface area contributed by atoms with Crippen LogP contribution in [0.3, 0.4) is 0 Å². The van der Waals surface area contributed by atoms with Gasteiger partial charge in [0, 0.05) is 13.0 Å². The lowest BCUT2D eigenvalue weighted by Gasteiger charge is -2.35. The maximum absolute atomic E-state index is 11.3. The van der Waals surface area contributed by atoms with Crippen LogP contribution in [0.25, 0.3) is 0 Å². The van der Waals surface area contributed by atoms with Crippen molar-refractivity contribution in [2.45, 2.75) is 18.9 Å². The Morgan fingerprint density at radius 1 is 1.50 bits per heavy atom. The number of amides is 1. The summed E-state index contributed by atoms with van der Waals surface area (Å²) < 4.78 is 0. The molecule has 1 aliphatic carbocycles. The lowest BCUT2D eigenvalue weighted by Crippen LogP contribution is -2.43. The highest BCUT2D eigenvalue weighted by Gasteiger charge is 2.28. The molecule has 0 saturated heterocycles. The van der Waals surface area contributed by atoms with Crippen molar-refractivity contribution in [3.05, 3.63) is 24.3 Å². The molecule has 2 nitrogen and oxygen atoms in total. The van der Waals surface area contributed by atoms with Gasteiger partial charge in [0.05, 0.1) is 6.04 Å². The monoisotopic (exact) mass is 163 g/mol. The van der Waals surface area contributed by atoms with Crippen LogP contribution in [-0.4, -0.2) is 23.9 Å². The van der Waals surface area contributed by atoms with E-state index in [4.69, 9.17) is 0 Å². The van der Waals surface area contributed by atoms with Crippen LogP contribution in [-0.2, 0) is 4.79 Å². The molecule has 1 heterocycles. The molecule has 0 radical (unpaired) electrons. The fraction of sp³-hybridized carbons (Fsp3) is 0.500. The van der Waals surface area contributed by atoms with Crippen molar-refractivity contribution in [2.24, 2.45) is 5.92 Å². The Kier molecular flexibility index (Phi) is 1.75. The maximum Gasteiger partial charge on any atom is 0.246 e. The third kappa shape index (κ3) is 1.07. The summed E-state index contributed by atoms with van der Waals surface area (Å²) in [5.74, 6) is 0.681. The first-order valence-corrected chi connectivity index (χ1v) is 4.40. The number of carbonyl (C=O) groups excluding carboxylic acids is 1. The highest BCUT2D eigenvalue weighted by Crippen LogP contribution is 2.26. The Bertz CT molecular complexity index is 255. The normalized spacial score (nSPS) is 33.8. The van der Waals surface area contributed by atoms with E-state index in [-0.39, 0.29) is 5.91 Å². The van der Waals surface area contributed by atoms with Crippen LogP contribution in [0.15, 0.2) is 24.3 Å². The molecule has 1 amide bonds. The summed E-state index contributed by atoms with van der Waals surface area (Å²) >= 11 is 0. The van der Waals surface area contributed by atoms with Gasteiger partial charge >= 0.3 is 0 Å². The fourth-order valence-corrected chi connectivity index (χ4v) is 1.93. The molecule has 2 atom stereocenters. The summed E-state index contributed by atoms with van der Waals surface area (Å²) in [6.45, 7) is 0. The molecule has 0 aromatic rings. The van der Waals surface area contributed by atoms with Crippen molar-refractivity contribution in [3.63, 3.8) is 0 Å². The Morgan fingerprint density at radius 2 is 2.33 bits per heavy atom. The van der Waals surface area contributed by atoms with E-state index >= 15 is 0 Å². The molecule has 64 valence electrons. The minimum absolute atomic E-state index is 0.128. The molecule has 0 saturated carbocycles. The molecule has 2 heteroatoms. The Labute approximate surface area is 72.6 Å². The molecule has 2 unspecified atom stereocenters. The summed E-state index contributed by atoms with van der Waals surface area (Å²) in [6.07, 6.45) is 10.4. The van der Waals surface area contributed by atoms with E-state index in [1.54, 1.807) is 6.08 Å². The first-order valence-electron chi connectivity index (χ1n) is 4.40. The van der Waals surface area contributed by atoms with Gasteiger partial charge in [0.2, 0.25) is 5.91 Å². The van der Waals surface area contributed by atoms with Gasteiger partial charge in [-0.25, -0.2) is 0 Å². The lowest BCUT2D eigenvalue weighted by molar-refractivity contribution is -0.127. The smallest absolute Gasteiger partial charge is 0.246 e. The van der Waals surface area contributed by atoms with Crippen molar-refractivity contribution in [1.29, 1.82) is 0 Å².